The Morgan fingerprint density at radius 2 is 1.79 bits per heavy atom. The molecule has 0 bridgehead atoms. The molecule has 1 nitrogen and oxygen atoms in total. The molecule has 0 aliphatic carbocycles. The Morgan fingerprint density at radius 1 is 1.11 bits per heavy atom. The van der Waals surface area contributed by atoms with Gasteiger partial charge in [0.2, 0.25) is 0 Å². The maximum Gasteiger partial charge on any atom is 0.0528 e. The number of hydrogen-bond acceptors (Lipinski definition) is 1. The normalized spacial score (nSPS) is 14.1. The summed E-state index contributed by atoms with van der Waals surface area (Å²) < 4.78 is 0. The van der Waals surface area contributed by atoms with Crippen LogP contribution in [0.1, 0.15) is 23.6 Å². The molecule has 100 valence electrons. The molecule has 0 saturated heterocycles. The minimum atomic E-state index is -0.279. The van der Waals surface area contributed by atoms with Crippen molar-refractivity contribution < 1.29 is 5.11 Å². The predicted octanol–water partition coefficient (Wildman–Crippen LogP) is 4.14. The van der Waals surface area contributed by atoms with Crippen LogP contribution in [0.25, 0.3) is 0 Å². The van der Waals surface area contributed by atoms with Gasteiger partial charge in [0.25, 0.3) is 0 Å². The number of aryl methyl sites for hydroxylation is 1. The maximum atomic E-state index is 9.81. The van der Waals surface area contributed by atoms with E-state index in [0.29, 0.717) is 0 Å². The Kier molecular flexibility index (Phi) is 4.28. The van der Waals surface area contributed by atoms with E-state index in [4.69, 9.17) is 11.6 Å². The summed E-state index contributed by atoms with van der Waals surface area (Å²) in [6, 6.07) is 16.2. The summed E-state index contributed by atoms with van der Waals surface area (Å²) in [6.45, 7) is 4.26. The van der Waals surface area contributed by atoms with Crippen LogP contribution in [0.15, 0.2) is 48.5 Å². The molecule has 0 spiro atoms. The summed E-state index contributed by atoms with van der Waals surface area (Å²) in [6.07, 6.45) is 0.771. The summed E-state index contributed by atoms with van der Waals surface area (Å²) in [7, 11) is 0. The molecular formula is C17H19ClO. The Morgan fingerprint density at radius 3 is 2.37 bits per heavy atom. The van der Waals surface area contributed by atoms with Crippen molar-refractivity contribution in [1.29, 1.82) is 0 Å². The molecule has 1 atom stereocenters. The van der Waals surface area contributed by atoms with Crippen molar-refractivity contribution in [3.8, 4) is 0 Å². The lowest BCUT2D eigenvalue weighted by molar-refractivity contribution is 0.204. The summed E-state index contributed by atoms with van der Waals surface area (Å²) in [5.74, 6) is 0. The van der Waals surface area contributed by atoms with Gasteiger partial charge in [0.05, 0.1) is 6.61 Å². The second-order valence-corrected chi connectivity index (χ2v) is 5.83. The molecule has 0 amide bonds. The smallest absolute Gasteiger partial charge is 0.0528 e. The van der Waals surface area contributed by atoms with Gasteiger partial charge in [-0.15, -0.1) is 0 Å². The van der Waals surface area contributed by atoms with Crippen LogP contribution < -0.4 is 0 Å². The lowest BCUT2D eigenvalue weighted by Crippen LogP contribution is -2.29. The van der Waals surface area contributed by atoms with E-state index in [-0.39, 0.29) is 12.0 Å². The average Bonchev–Trinajstić information content (AvgIpc) is 2.39. The van der Waals surface area contributed by atoms with Crippen molar-refractivity contribution in [3.05, 3.63) is 70.2 Å². The van der Waals surface area contributed by atoms with E-state index >= 15 is 0 Å². The minimum Gasteiger partial charge on any atom is -0.395 e. The van der Waals surface area contributed by atoms with Crippen molar-refractivity contribution in [2.75, 3.05) is 6.61 Å². The van der Waals surface area contributed by atoms with Gasteiger partial charge >= 0.3 is 0 Å². The lowest BCUT2D eigenvalue weighted by Gasteiger charge is -2.28. The Hall–Kier alpha value is -1.31. The molecule has 0 heterocycles. The molecule has 2 heteroatoms. The molecular weight excluding hydrogens is 256 g/mol. The van der Waals surface area contributed by atoms with Crippen LogP contribution in [0.3, 0.4) is 0 Å². The molecule has 0 radical (unpaired) electrons. The average molecular weight is 275 g/mol. The van der Waals surface area contributed by atoms with Gasteiger partial charge in [-0.2, -0.15) is 0 Å². The van der Waals surface area contributed by atoms with Gasteiger partial charge in [0, 0.05) is 10.4 Å². The first kappa shape index (κ1) is 14.1. The van der Waals surface area contributed by atoms with E-state index in [1.54, 1.807) is 0 Å². The number of aliphatic hydroxyl groups is 1. The van der Waals surface area contributed by atoms with Gasteiger partial charge in [0.15, 0.2) is 0 Å². The Bertz CT molecular complexity index is 547. The van der Waals surface area contributed by atoms with E-state index in [2.05, 4.69) is 38.1 Å². The first-order valence-corrected chi connectivity index (χ1v) is 6.84. The lowest BCUT2D eigenvalue weighted by atomic mass is 9.78. The predicted molar refractivity (Wildman–Crippen MR) is 80.8 cm³/mol. The number of rotatable bonds is 4. The van der Waals surface area contributed by atoms with E-state index in [9.17, 15) is 5.11 Å². The molecule has 2 aromatic carbocycles. The third kappa shape index (κ3) is 3.37. The molecule has 2 aromatic rings. The number of halogens is 1. The molecule has 2 rings (SSSR count). The molecule has 1 N–H and O–H groups in total. The Labute approximate surface area is 119 Å². The van der Waals surface area contributed by atoms with Gasteiger partial charge in [-0.05, 0) is 36.6 Å². The van der Waals surface area contributed by atoms with Crippen LogP contribution >= 0.6 is 11.6 Å². The first-order valence-electron chi connectivity index (χ1n) is 6.46. The van der Waals surface area contributed by atoms with Crippen LogP contribution in [-0.2, 0) is 11.8 Å². The second-order valence-electron chi connectivity index (χ2n) is 5.39. The standard InChI is InChI=1S/C17H19ClO/c1-13-6-8-15(9-7-13)17(2,12-19)11-14-4-3-5-16(18)10-14/h3-10,19H,11-12H2,1-2H3. The van der Waals surface area contributed by atoms with Crippen LogP contribution in [0, 0.1) is 6.92 Å². The fraction of sp³-hybridized carbons (Fsp3) is 0.294. The van der Waals surface area contributed by atoms with Gasteiger partial charge < -0.3 is 5.11 Å². The van der Waals surface area contributed by atoms with Gasteiger partial charge in [-0.25, -0.2) is 0 Å². The van der Waals surface area contributed by atoms with E-state index in [1.165, 1.54) is 5.56 Å². The number of benzene rings is 2. The van der Waals surface area contributed by atoms with Crippen LogP contribution in [0.5, 0.6) is 0 Å². The molecule has 0 aromatic heterocycles. The zero-order valence-electron chi connectivity index (χ0n) is 11.4. The largest absolute Gasteiger partial charge is 0.395 e. The number of aliphatic hydroxyl groups excluding tert-OH is 1. The van der Waals surface area contributed by atoms with Gasteiger partial charge in [0.1, 0.15) is 0 Å². The first-order chi connectivity index (χ1) is 9.03. The summed E-state index contributed by atoms with van der Waals surface area (Å²) >= 11 is 6.02. The van der Waals surface area contributed by atoms with Crippen LogP contribution in [-0.4, -0.2) is 11.7 Å². The van der Waals surface area contributed by atoms with Crippen molar-refractivity contribution in [2.24, 2.45) is 0 Å². The molecule has 19 heavy (non-hydrogen) atoms. The van der Waals surface area contributed by atoms with Gasteiger partial charge in [-0.3, -0.25) is 0 Å². The summed E-state index contributed by atoms with van der Waals surface area (Å²) in [5.41, 5.74) is 3.25. The molecule has 0 aliphatic heterocycles. The van der Waals surface area contributed by atoms with E-state index in [0.717, 1.165) is 22.6 Å². The van der Waals surface area contributed by atoms with Crippen molar-refractivity contribution >= 4 is 11.6 Å². The SMILES string of the molecule is Cc1ccc(C(C)(CO)Cc2cccc(Cl)c2)cc1. The highest BCUT2D eigenvalue weighted by Gasteiger charge is 2.26. The molecule has 0 saturated carbocycles. The molecule has 0 aliphatic rings. The number of hydrogen-bond donors (Lipinski definition) is 1. The third-order valence-electron chi connectivity index (χ3n) is 3.58. The highest BCUT2D eigenvalue weighted by Crippen LogP contribution is 2.28. The second kappa shape index (κ2) is 5.77. The zero-order valence-corrected chi connectivity index (χ0v) is 12.1. The highest BCUT2D eigenvalue weighted by molar-refractivity contribution is 6.30. The fourth-order valence-corrected chi connectivity index (χ4v) is 2.52. The quantitative estimate of drug-likeness (QED) is 0.888. The summed E-state index contributed by atoms with van der Waals surface area (Å²) in [5, 5.41) is 10.5. The van der Waals surface area contributed by atoms with E-state index in [1.807, 2.05) is 24.3 Å². The topological polar surface area (TPSA) is 20.2 Å². The highest BCUT2D eigenvalue weighted by atomic mass is 35.5. The van der Waals surface area contributed by atoms with E-state index < -0.39 is 0 Å². The van der Waals surface area contributed by atoms with Crippen LogP contribution in [0.2, 0.25) is 5.02 Å². The van der Waals surface area contributed by atoms with Crippen molar-refractivity contribution in [3.63, 3.8) is 0 Å². The Balaban J connectivity index is 2.29. The van der Waals surface area contributed by atoms with Crippen molar-refractivity contribution in [2.45, 2.75) is 25.7 Å². The monoisotopic (exact) mass is 274 g/mol. The minimum absolute atomic E-state index is 0.114. The summed E-state index contributed by atoms with van der Waals surface area (Å²) in [4.78, 5) is 0. The molecule has 0 fully saturated rings. The van der Waals surface area contributed by atoms with Crippen molar-refractivity contribution in [1.82, 2.24) is 0 Å². The zero-order chi connectivity index (χ0) is 13.9. The maximum absolute atomic E-state index is 9.81. The fourth-order valence-electron chi connectivity index (χ4n) is 2.30. The molecule has 1 unspecified atom stereocenters. The third-order valence-corrected chi connectivity index (χ3v) is 3.82. The van der Waals surface area contributed by atoms with Crippen LogP contribution in [0.4, 0.5) is 0 Å². The van der Waals surface area contributed by atoms with Gasteiger partial charge in [-0.1, -0.05) is 60.5 Å².